The highest BCUT2D eigenvalue weighted by molar-refractivity contribution is 5.89. The molecule has 0 spiro atoms. The van der Waals surface area contributed by atoms with Crippen LogP contribution in [0.25, 0.3) is 10.9 Å². The SMILES string of the molecule is CCc1ccc2ncnc(NCCc3ccc(OC)cc3)c2c1.Cl. The molecule has 5 heteroatoms. The van der Waals surface area contributed by atoms with Crippen molar-refractivity contribution in [2.24, 2.45) is 0 Å². The number of fused-ring (bicyclic) bond motifs is 1. The van der Waals surface area contributed by atoms with E-state index in [4.69, 9.17) is 4.74 Å². The van der Waals surface area contributed by atoms with E-state index in [1.807, 2.05) is 12.1 Å². The van der Waals surface area contributed by atoms with Crippen molar-refractivity contribution in [3.05, 3.63) is 59.9 Å². The molecule has 0 saturated carbocycles. The van der Waals surface area contributed by atoms with Crippen LogP contribution in [-0.2, 0) is 12.8 Å². The molecule has 0 radical (unpaired) electrons. The van der Waals surface area contributed by atoms with E-state index >= 15 is 0 Å². The van der Waals surface area contributed by atoms with E-state index in [9.17, 15) is 0 Å². The minimum atomic E-state index is 0. The van der Waals surface area contributed by atoms with Crippen molar-refractivity contribution in [2.45, 2.75) is 19.8 Å². The van der Waals surface area contributed by atoms with Crippen molar-refractivity contribution < 1.29 is 4.74 Å². The Hall–Kier alpha value is -2.33. The number of anilines is 1. The van der Waals surface area contributed by atoms with Gasteiger partial charge >= 0.3 is 0 Å². The molecule has 0 bridgehead atoms. The number of hydrogen-bond acceptors (Lipinski definition) is 4. The van der Waals surface area contributed by atoms with Gasteiger partial charge < -0.3 is 10.1 Å². The number of hydrogen-bond donors (Lipinski definition) is 1. The van der Waals surface area contributed by atoms with Crippen LogP contribution < -0.4 is 10.1 Å². The number of methoxy groups -OCH3 is 1. The molecule has 0 aliphatic rings. The number of aromatic nitrogens is 2. The van der Waals surface area contributed by atoms with Crippen molar-refractivity contribution >= 4 is 29.1 Å². The van der Waals surface area contributed by atoms with E-state index in [-0.39, 0.29) is 12.4 Å². The molecule has 24 heavy (non-hydrogen) atoms. The monoisotopic (exact) mass is 343 g/mol. The first kappa shape index (κ1) is 18.0. The average molecular weight is 344 g/mol. The summed E-state index contributed by atoms with van der Waals surface area (Å²) in [5, 5.41) is 4.52. The van der Waals surface area contributed by atoms with Gasteiger partial charge in [0.2, 0.25) is 0 Å². The summed E-state index contributed by atoms with van der Waals surface area (Å²) in [6, 6.07) is 14.5. The zero-order valence-corrected chi connectivity index (χ0v) is 14.8. The van der Waals surface area contributed by atoms with Crippen LogP contribution >= 0.6 is 12.4 Å². The van der Waals surface area contributed by atoms with Gasteiger partial charge in [0.1, 0.15) is 17.9 Å². The molecule has 0 saturated heterocycles. The van der Waals surface area contributed by atoms with E-state index in [0.29, 0.717) is 0 Å². The third-order valence-electron chi connectivity index (χ3n) is 3.97. The van der Waals surface area contributed by atoms with Crippen LogP contribution in [0.5, 0.6) is 5.75 Å². The highest BCUT2D eigenvalue weighted by atomic mass is 35.5. The fourth-order valence-electron chi connectivity index (χ4n) is 2.58. The Kier molecular flexibility index (Phi) is 6.38. The van der Waals surface area contributed by atoms with Gasteiger partial charge in [-0.05, 0) is 48.2 Å². The van der Waals surface area contributed by atoms with Gasteiger partial charge in [0.15, 0.2) is 0 Å². The van der Waals surface area contributed by atoms with Crippen molar-refractivity contribution in [3.63, 3.8) is 0 Å². The zero-order valence-electron chi connectivity index (χ0n) is 14.0. The molecule has 0 aliphatic heterocycles. The van der Waals surface area contributed by atoms with Crippen LogP contribution in [0.1, 0.15) is 18.1 Å². The van der Waals surface area contributed by atoms with Gasteiger partial charge in [-0.2, -0.15) is 0 Å². The van der Waals surface area contributed by atoms with Gasteiger partial charge in [0.05, 0.1) is 12.6 Å². The second-order valence-electron chi connectivity index (χ2n) is 5.45. The van der Waals surface area contributed by atoms with Gasteiger partial charge in [0.25, 0.3) is 0 Å². The Morgan fingerprint density at radius 1 is 1.00 bits per heavy atom. The molecule has 2 aromatic carbocycles. The lowest BCUT2D eigenvalue weighted by molar-refractivity contribution is 0.414. The summed E-state index contributed by atoms with van der Waals surface area (Å²) < 4.78 is 5.18. The standard InChI is InChI=1S/C19H21N3O.ClH/c1-3-14-6-9-18-17(12-14)19(22-13-21-18)20-11-10-15-4-7-16(23-2)8-5-15;/h4-9,12-13H,3,10-11H2,1-2H3,(H,20,21,22);1H. The van der Waals surface area contributed by atoms with Gasteiger partial charge in [0, 0.05) is 11.9 Å². The number of nitrogens with one attached hydrogen (secondary N) is 1. The summed E-state index contributed by atoms with van der Waals surface area (Å²) in [5.74, 6) is 1.79. The highest BCUT2D eigenvalue weighted by Gasteiger charge is 2.04. The lowest BCUT2D eigenvalue weighted by Crippen LogP contribution is -2.07. The molecule has 3 rings (SSSR count). The molecule has 0 unspecified atom stereocenters. The maximum atomic E-state index is 5.18. The predicted molar refractivity (Wildman–Crippen MR) is 101 cm³/mol. The lowest BCUT2D eigenvalue weighted by atomic mass is 10.1. The summed E-state index contributed by atoms with van der Waals surface area (Å²) in [7, 11) is 1.68. The molecule has 0 amide bonds. The normalized spacial score (nSPS) is 10.2. The minimum Gasteiger partial charge on any atom is -0.497 e. The molecule has 1 N–H and O–H groups in total. The number of ether oxygens (including phenoxy) is 1. The minimum absolute atomic E-state index is 0. The van der Waals surface area contributed by atoms with Gasteiger partial charge in [-0.25, -0.2) is 9.97 Å². The number of halogens is 1. The third-order valence-corrected chi connectivity index (χ3v) is 3.97. The van der Waals surface area contributed by atoms with Crippen LogP contribution in [0.2, 0.25) is 0 Å². The maximum Gasteiger partial charge on any atom is 0.137 e. The Labute approximate surface area is 148 Å². The van der Waals surface area contributed by atoms with Crippen molar-refractivity contribution in [3.8, 4) is 5.75 Å². The molecule has 3 aromatic rings. The molecule has 0 atom stereocenters. The Morgan fingerprint density at radius 2 is 1.75 bits per heavy atom. The summed E-state index contributed by atoms with van der Waals surface area (Å²) in [6.07, 6.45) is 3.56. The van der Waals surface area contributed by atoms with Crippen molar-refractivity contribution in [1.29, 1.82) is 0 Å². The molecule has 0 aliphatic carbocycles. The zero-order chi connectivity index (χ0) is 16.1. The lowest BCUT2D eigenvalue weighted by Gasteiger charge is -2.09. The molecular weight excluding hydrogens is 322 g/mol. The van der Waals surface area contributed by atoms with Crippen molar-refractivity contribution in [1.82, 2.24) is 9.97 Å². The average Bonchev–Trinajstić information content (AvgIpc) is 2.62. The van der Waals surface area contributed by atoms with Gasteiger partial charge in [-0.15, -0.1) is 12.4 Å². The molecular formula is C19H22ClN3O. The Bertz CT molecular complexity index is 790. The summed E-state index contributed by atoms with van der Waals surface area (Å²) in [5.41, 5.74) is 3.54. The van der Waals surface area contributed by atoms with Crippen LogP contribution in [0.4, 0.5) is 5.82 Å². The first-order chi connectivity index (χ1) is 11.3. The van der Waals surface area contributed by atoms with E-state index in [0.717, 1.165) is 41.9 Å². The van der Waals surface area contributed by atoms with Crippen LogP contribution in [0, 0.1) is 0 Å². The highest BCUT2D eigenvalue weighted by Crippen LogP contribution is 2.21. The van der Waals surface area contributed by atoms with E-state index in [1.165, 1.54) is 11.1 Å². The Morgan fingerprint density at radius 3 is 2.46 bits per heavy atom. The quantitative estimate of drug-likeness (QED) is 0.725. The first-order valence-corrected chi connectivity index (χ1v) is 7.90. The molecule has 0 fully saturated rings. The van der Waals surface area contributed by atoms with Crippen LogP contribution in [-0.4, -0.2) is 23.6 Å². The van der Waals surface area contributed by atoms with Crippen LogP contribution in [0.15, 0.2) is 48.8 Å². The topological polar surface area (TPSA) is 47.0 Å². The predicted octanol–water partition coefficient (Wildman–Crippen LogP) is 4.28. The number of rotatable bonds is 6. The Balaban J connectivity index is 0.00000208. The van der Waals surface area contributed by atoms with Gasteiger partial charge in [-0.3, -0.25) is 0 Å². The largest absolute Gasteiger partial charge is 0.497 e. The first-order valence-electron chi connectivity index (χ1n) is 7.90. The van der Waals surface area contributed by atoms with Crippen molar-refractivity contribution in [2.75, 3.05) is 19.0 Å². The summed E-state index contributed by atoms with van der Waals surface area (Å²) in [6.45, 7) is 2.98. The summed E-state index contributed by atoms with van der Waals surface area (Å²) >= 11 is 0. The van der Waals surface area contributed by atoms with E-state index in [1.54, 1.807) is 13.4 Å². The fourth-order valence-corrected chi connectivity index (χ4v) is 2.58. The molecule has 1 heterocycles. The molecule has 126 valence electrons. The molecule has 1 aromatic heterocycles. The van der Waals surface area contributed by atoms with E-state index in [2.05, 4.69) is 52.5 Å². The number of aryl methyl sites for hydroxylation is 1. The number of nitrogens with zero attached hydrogens (tertiary/aromatic N) is 2. The van der Waals surface area contributed by atoms with E-state index < -0.39 is 0 Å². The maximum absolute atomic E-state index is 5.18. The fraction of sp³-hybridized carbons (Fsp3) is 0.263. The van der Waals surface area contributed by atoms with Crippen LogP contribution in [0.3, 0.4) is 0 Å². The second kappa shape index (κ2) is 8.50. The second-order valence-corrected chi connectivity index (χ2v) is 5.45. The number of benzene rings is 2. The molecule has 4 nitrogen and oxygen atoms in total. The third kappa shape index (κ3) is 4.15. The van der Waals surface area contributed by atoms with Gasteiger partial charge in [-0.1, -0.05) is 25.1 Å². The smallest absolute Gasteiger partial charge is 0.137 e. The summed E-state index contributed by atoms with van der Waals surface area (Å²) in [4.78, 5) is 8.74.